The number of amides is 2. The Hall–Kier alpha value is -3.28. The van der Waals surface area contributed by atoms with Crippen molar-refractivity contribution in [3.05, 3.63) is 71.9 Å². The third kappa shape index (κ3) is 9.45. The van der Waals surface area contributed by atoms with E-state index in [1.165, 1.54) is 19.1 Å². The molecule has 2 aromatic carbocycles. The van der Waals surface area contributed by atoms with E-state index in [1.807, 2.05) is 4.90 Å². The molecule has 1 fully saturated rings. The van der Waals surface area contributed by atoms with E-state index in [1.54, 1.807) is 31.2 Å². The molecule has 212 valence electrons. The van der Waals surface area contributed by atoms with Crippen molar-refractivity contribution in [3.63, 3.8) is 0 Å². The van der Waals surface area contributed by atoms with Gasteiger partial charge in [0.1, 0.15) is 0 Å². The van der Waals surface area contributed by atoms with Crippen LogP contribution in [-0.2, 0) is 11.0 Å². The average molecular weight is 566 g/mol. The van der Waals surface area contributed by atoms with Gasteiger partial charge in [-0.1, -0.05) is 49.1 Å². The molecule has 1 aliphatic heterocycles. The molecule has 0 aliphatic carbocycles. The molecule has 11 heteroatoms. The summed E-state index contributed by atoms with van der Waals surface area (Å²) in [6, 6.07) is 12.0. The van der Waals surface area contributed by atoms with Crippen LogP contribution in [0.3, 0.4) is 0 Å². The lowest BCUT2D eigenvalue weighted by Gasteiger charge is -2.27. The predicted molar refractivity (Wildman–Crippen MR) is 148 cm³/mol. The van der Waals surface area contributed by atoms with E-state index in [0.717, 1.165) is 44.5 Å². The van der Waals surface area contributed by atoms with Crippen LogP contribution in [0.25, 0.3) is 11.1 Å². The average Bonchev–Trinajstić information content (AvgIpc) is 2.92. The van der Waals surface area contributed by atoms with Gasteiger partial charge >= 0.3 is 6.18 Å². The number of nitrogens with one attached hydrogen (secondary N) is 2. The maximum Gasteiger partial charge on any atom is 0.416 e. The first kappa shape index (κ1) is 31.9. The van der Waals surface area contributed by atoms with Crippen molar-refractivity contribution in [2.75, 3.05) is 26.3 Å². The Morgan fingerprint density at radius 2 is 1.56 bits per heavy atom. The molecular formula is C28H34F3N3O4S. The zero-order chi connectivity index (χ0) is 29.2. The van der Waals surface area contributed by atoms with Gasteiger partial charge in [-0.25, -0.2) is 0 Å². The van der Waals surface area contributed by atoms with Crippen molar-refractivity contribution in [1.82, 2.24) is 15.5 Å². The SMILES string of the molecule is C=C(NC(C)=S)C(=O)NC(C)(CO)CO.O=C(c1ccccc1-c1ccc(C(F)(F)F)cc1)N1CCCCC1. The Labute approximate surface area is 231 Å². The van der Waals surface area contributed by atoms with Gasteiger partial charge in [-0.15, -0.1) is 0 Å². The van der Waals surface area contributed by atoms with Crippen molar-refractivity contribution in [2.24, 2.45) is 0 Å². The van der Waals surface area contributed by atoms with Gasteiger partial charge in [0.2, 0.25) is 0 Å². The van der Waals surface area contributed by atoms with Gasteiger partial charge < -0.3 is 25.7 Å². The molecule has 39 heavy (non-hydrogen) atoms. The minimum atomic E-state index is -4.36. The first-order chi connectivity index (χ1) is 18.3. The van der Waals surface area contributed by atoms with Crippen molar-refractivity contribution in [1.29, 1.82) is 0 Å². The molecule has 7 nitrogen and oxygen atoms in total. The lowest BCUT2D eigenvalue weighted by Crippen LogP contribution is -2.53. The van der Waals surface area contributed by atoms with Gasteiger partial charge in [0.05, 0.1) is 35.0 Å². The van der Waals surface area contributed by atoms with Gasteiger partial charge in [0, 0.05) is 18.7 Å². The molecule has 1 saturated heterocycles. The number of benzene rings is 2. The third-order valence-electron chi connectivity index (χ3n) is 6.04. The third-order valence-corrected chi connectivity index (χ3v) is 6.14. The van der Waals surface area contributed by atoms with E-state index in [-0.39, 0.29) is 24.8 Å². The van der Waals surface area contributed by atoms with E-state index in [2.05, 4.69) is 17.2 Å². The highest BCUT2D eigenvalue weighted by Crippen LogP contribution is 2.32. The molecule has 0 radical (unpaired) electrons. The Kier molecular flexibility index (Phi) is 11.6. The molecule has 4 N–H and O–H groups in total. The largest absolute Gasteiger partial charge is 0.416 e. The maximum atomic E-state index is 12.8. The molecule has 1 heterocycles. The van der Waals surface area contributed by atoms with Crippen molar-refractivity contribution in [3.8, 4) is 11.1 Å². The van der Waals surface area contributed by atoms with Crippen LogP contribution in [0.5, 0.6) is 0 Å². The highest BCUT2D eigenvalue weighted by atomic mass is 32.1. The van der Waals surface area contributed by atoms with E-state index >= 15 is 0 Å². The Morgan fingerprint density at radius 1 is 1.00 bits per heavy atom. The monoisotopic (exact) mass is 565 g/mol. The minimum Gasteiger partial charge on any atom is -0.394 e. The summed E-state index contributed by atoms with van der Waals surface area (Å²) in [6.45, 7) is 7.35. The topological polar surface area (TPSA) is 102 Å². The van der Waals surface area contributed by atoms with Crippen LogP contribution >= 0.6 is 12.2 Å². The van der Waals surface area contributed by atoms with Crippen molar-refractivity contribution >= 4 is 29.0 Å². The summed E-state index contributed by atoms with van der Waals surface area (Å²) >= 11 is 4.74. The summed E-state index contributed by atoms with van der Waals surface area (Å²) in [6.07, 6.45) is -1.24. The fourth-order valence-electron chi connectivity index (χ4n) is 3.78. The number of likely N-dealkylation sites (tertiary alicyclic amines) is 1. The summed E-state index contributed by atoms with van der Waals surface area (Å²) in [5, 5.41) is 22.9. The minimum absolute atomic E-state index is 0.0507. The number of hydrogen-bond donors (Lipinski definition) is 4. The number of alkyl halides is 3. The van der Waals surface area contributed by atoms with Gasteiger partial charge in [0.25, 0.3) is 11.8 Å². The fraction of sp³-hybridized carbons (Fsp3) is 0.393. The number of halogens is 3. The quantitative estimate of drug-likeness (QED) is 0.295. The zero-order valence-corrected chi connectivity index (χ0v) is 22.8. The molecule has 0 bridgehead atoms. The molecule has 0 atom stereocenters. The molecule has 3 rings (SSSR count). The highest BCUT2D eigenvalue weighted by molar-refractivity contribution is 7.80. The highest BCUT2D eigenvalue weighted by Gasteiger charge is 2.30. The molecule has 2 amide bonds. The van der Waals surface area contributed by atoms with Gasteiger partial charge in [0.15, 0.2) is 0 Å². The number of carbonyl (C=O) groups excluding carboxylic acids is 2. The second-order valence-corrected chi connectivity index (χ2v) is 10.1. The summed E-state index contributed by atoms with van der Waals surface area (Å²) < 4.78 is 38.1. The first-order valence-electron chi connectivity index (χ1n) is 12.4. The molecule has 0 saturated carbocycles. The zero-order valence-electron chi connectivity index (χ0n) is 22.0. The van der Waals surface area contributed by atoms with E-state index in [0.29, 0.717) is 21.7 Å². The molecule has 0 unspecified atom stereocenters. The van der Waals surface area contributed by atoms with Crippen LogP contribution in [0.2, 0.25) is 0 Å². The van der Waals surface area contributed by atoms with Crippen molar-refractivity contribution in [2.45, 2.75) is 44.8 Å². The molecular weight excluding hydrogens is 531 g/mol. The Balaban J connectivity index is 0.000000309. The number of thiocarbonyl (C=S) groups is 1. The molecule has 1 aliphatic rings. The first-order valence-corrected chi connectivity index (χ1v) is 12.8. The summed E-state index contributed by atoms with van der Waals surface area (Å²) in [5.41, 5.74) is 0.156. The lowest BCUT2D eigenvalue weighted by molar-refractivity contribution is -0.137. The molecule has 2 aromatic rings. The van der Waals surface area contributed by atoms with Crippen LogP contribution in [0, 0.1) is 0 Å². The van der Waals surface area contributed by atoms with E-state index in [9.17, 15) is 22.8 Å². The van der Waals surface area contributed by atoms with Crippen LogP contribution in [0.1, 0.15) is 49.0 Å². The fourth-order valence-corrected chi connectivity index (χ4v) is 3.90. The smallest absolute Gasteiger partial charge is 0.394 e. The van der Waals surface area contributed by atoms with Crippen LogP contribution in [0.15, 0.2) is 60.8 Å². The van der Waals surface area contributed by atoms with E-state index in [4.69, 9.17) is 22.4 Å². The normalized spacial score (nSPS) is 13.6. The number of hydrogen-bond acceptors (Lipinski definition) is 5. The van der Waals surface area contributed by atoms with Crippen LogP contribution < -0.4 is 10.6 Å². The second kappa shape index (κ2) is 14.2. The van der Waals surface area contributed by atoms with Crippen LogP contribution in [-0.4, -0.2) is 63.8 Å². The lowest BCUT2D eigenvalue weighted by atomic mass is 9.97. The number of carbonyl (C=O) groups is 2. The second-order valence-electron chi connectivity index (χ2n) is 9.46. The number of aliphatic hydroxyl groups is 2. The Morgan fingerprint density at radius 3 is 2.08 bits per heavy atom. The molecule has 0 spiro atoms. The number of piperidine rings is 1. The summed E-state index contributed by atoms with van der Waals surface area (Å²) in [5.74, 6) is -0.560. The van der Waals surface area contributed by atoms with Crippen molar-refractivity contribution < 1.29 is 33.0 Å². The van der Waals surface area contributed by atoms with Crippen LogP contribution in [0.4, 0.5) is 13.2 Å². The van der Waals surface area contributed by atoms with Gasteiger partial charge in [-0.05, 0) is 62.4 Å². The number of nitrogens with zero attached hydrogens (tertiary/aromatic N) is 1. The van der Waals surface area contributed by atoms with Gasteiger partial charge in [-0.3, -0.25) is 9.59 Å². The Bertz CT molecular complexity index is 1160. The standard InChI is InChI=1S/C19H18F3NO.C9H16N2O3S/c20-19(21,22)15-10-8-14(9-11-15)16-6-2-3-7-17(16)18(24)23-12-4-1-5-13-23;1-6(10-7(2)15)8(14)11-9(3,4-12)5-13/h2-3,6-11H,1,4-5,12-13H2;12-13H,1,4-5H2,2-3H3,(H,10,15)(H,11,14). The summed E-state index contributed by atoms with van der Waals surface area (Å²) in [4.78, 5) is 26.5. The van der Waals surface area contributed by atoms with E-state index < -0.39 is 23.2 Å². The summed E-state index contributed by atoms with van der Waals surface area (Å²) in [7, 11) is 0. The van der Waals surface area contributed by atoms with Gasteiger partial charge in [-0.2, -0.15) is 13.2 Å². The molecule has 0 aromatic heterocycles. The number of aliphatic hydroxyl groups excluding tert-OH is 2. The maximum absolute atomic E-state index is 12.8. The predicted octanol–water partition coefficient (Wildman–Crippen LogP) is 4.30. The number of rotatable bonds is 7.